The molecule has 1 unspecified atom stereocenters. The maximum absolute atomic E-state index is 13.2. The summed E-state index contributed by atoms with van der Waals surface area (Å²) >= 11 is 5.85. The summed E-state index contributed by atoms with van der Waals surface area (Å²) in [4.78, 5) is 23.4. The van der Waals surface area contributed by atoms with Crippen LogP contribution in [0.3, 0.4) is 0 Å². The third kappa shape index (κ3) is 3.31. The van der Waals surface area contributed by atoms with Crippen molar-refractivity contribution in [2.24, 2.45) is 0 Å². The van der Waals surface area contributed by atoms with Crippen LogP contribution < -0.4 is 14.8 Å². The molecule has 2 aromatic carbocycles. The summed E-state index contributed by atoms with van der Waals surface area (Å²) in [5, 5.41) is 2.38. The van der Waals surface area contributed by atoms with Crippen molar-refractivity contribution in [3.8, 4) is 17.2 Å². The fraction of sp³-hybridized carbons (Fsp3) is 0.240. The molecule has 1 aliphatic carbocycles. The van der Waals surface area contributed by atoms with Gasteiger partial charge in [0.2, 0.25) is 5.91 Å². The summed E-state index contributed by atoms with van der Waals surface area (Å²) in [5.74, 6) is 2.87. The predicted octanol–water partition coefficient (Wildman–Crippen LogP) is 5.95. The van der Waals surface area contributed by atoms with E-state index in [1.807, 2.05) is 18.2 Å². The highest BCUT2D eigenvalue weighted by atomic mass is 35.5. The Bertz CT molecular complexity index is 1590. The minimum absolute atomic E-state index is 0.00677. The van der Waals surface area contributed by atoms with E-state index in [1.54, 1.807) is 12.3 Å². The van der Waals surface area contributed by atoms with Crippen LogP contribution in [0.4, 0.5) is 19.0 Å². The van der Waals surface area contributed by atoms with Gasteiger partial charge in [-0.1, -0.05) is 11.6 Å². The molecule has 11 heteroatoms. The summed E-state index contributed by atoms with van der Waals surface area (Å²) in [7, 11) is 0. The van der Waals surface area contributed by atoms with Crippen LogP contribution in [-0.4, -0.2) is 27.0 Å². The zero-order valence-electron chi connectivity index (χ0n) is 18.3. The monoisotopic (exact) mass is 512 g/mol. The van der Waals surface area contributed by atoms with Gasteiger partial charge >= 0.3 is 6.18 Å². The predicted molar refractivity (Wildman–Crippen MR) is 124 cm³/mol. The van der Waals surface area contributed by atoms with E-state index in [4.69, 9.17) is 21.1 Å². The Balaban J connectivity index is 1.17. The first kappa shape index (κ1) is 21.5. The molecule has 2 N–H and O–H groups in total. The van der Waals surface area contributed by atoms with Crippen LogP contribution in [0.1, 0.15) is 40.8 Å². The van der Waals surface area contributed by atoms with Crippen molar-refractivity contribution in [2.45, 2.75) is 37.0 Å². The molecule has 0 radical (unpaired) electrons. The number of fused-ring (bicyclic) bond motifs is 5. The Kier molecular flexibility index (Phi) is 4.39. The van der Waals surface area contributed by atoms with Gasteiger partial charge in [-0.25, -0.2) is 9.97 Å². The van der Waals surface area contributed by atoms with Gasteiger partial charge in [-0.05, 0) is 42.8 Å². The number of nitrogens with one attached hydrogen (secondary N) is 2. The summed E-state index contributed by atoms with van der Waals surface area (Å²) in [6, 6.07) is 9.56. The molecule has 1 fully saturated rings. The van der Waals surface area contributed by atoms with Crippen molar-refractivity contribution in [2.75, 3.05) is 5.32 Å². The van der Waals surface area contributed by atoms with Gasteiger partial charge in [0.1, 0.15) is 35.0 Å². The number of benzene rings is 2. The van der Waals surface area contributed by atoms with Crippen molar-refractivity contribution in [3.05, 3.63) is 70.1 Å². The molecule has 36 heavy (non-hydrogen) atoms. The second-order valence-electron chi connectivity index (χ2n) is 9.09. The maximum atomic E-state index is 13.2. The number of carbonyl (C=O) groups excluding carboxylic acids is 1. The van der Waals surface area contributed by atoms with Crippen LogP contribution in [0.2, 0.25) is 5.02 Å². The SMILES string of the molecule is O=C1CCc2c(Oc3ccc4c(c3)[C@H]3C(O4)[C@@H]3c3nc4cc(Cl)c(C(F)(F)F)cc4[nH]3)ccnc2N1. The molecule has 2 aliphatic heterocycles. The van der Waals surface area contributed by atoms with E-state index in [0.29, 0.717) is 41.5 Å². The summed E-state index contributed by atoms with van der Waals surface area (Å²) in [5.41, 5.74) is 1.55. The van der Waals surface area contributed by atoms with Crippen molar-refractivity contribution in [1.29, 1.82) is 0 Å². The largest absolute Gasteiger partial charge is 0.489 e. The van der Waals surface area contributed by atoms with Gasteiger partial charge in [-0.3, -0.25) is 4.79 Å². The second-order valence-corrected chi connectivity index (χ2v) is 9.50. The van der Waals surface area contributed by atoms with E-state index in [0.717, 1.165) is 22.9 Å². The van der Waals surface area contributed by atoms with E-state index in [-0.39, 0.29) is 34.4 Å². The quantitative estimate of drug-likeness (QED) is 0.354. The number of halogens is 4. The number of rotatable bonds is 3. The normalized spacial score (nSPS) is 21.9. The zero-order chi connectivity index (χ0) is 24.8. The molecular formula is C25H16ClF3N4O3. The molecule has 3 atom stereocenters. The first-order valence-electron chi connectivity index (χ1n) is 11.3. The molecule has 2 aromatic heterocycles. The van der Waals surface area contributed by atoms with Crippen LogP contribution in [0.25, 0.3) is 11.0 Å². The van der Waals surface area contributed by atoms with Crippen LogP contribution in [0, 0.1) is 0 Å². The second kappa shape index (κ2) is 7.36. The van der Waals surface area contributed by atoms with Gasteiger partial charge in [-0.15, -0.1) is 0 Å². The Morgan fingerprint density at radius 3 is 2.81 bits per heavy atom. The van der Waals surface area contributed by atoms with Crippen LogP contribution in [0.15, 0.2) is 42.6 Å². The molecule has 182 valence electrons. The van der Waals surface area contributed by atoms with Crippen LogP contribution >= 0.6 is 11.6 Å². The number of alkyl halides is 3. The average molecular weight is 513 g/mol. The summed E-state index contributed by atoms with van der Waals surface area (Å²) in [6.45, 7) is 0. The molecule has 1 amide bonds. The Morgan fingerprint density at radius 1 is 1.11 bits per heavy atom. The van der Waals surface area contributed by atoms with Crippen molar-refractivity contribution in [1.82, 2.24) is 15.0 Å². The number of carbonyl (C=O) groups is 1. The highest BCUT2D eigenvalue weighted by Gasteiger charge is 2.61. The molecule has 4 aromatic rings. The van der Waals surface area contributed by atoms with E-state index >= 15 is 0 Å². The summed E-state index contributed by atoms with van der Waals surface area (Å²) < 4.78 is 52.0. The van der Waals surface area contributed by atoms with Crippen LogP contribution in [-0.2, 0) is 17.4 Å². The lowest BCUT2D eigenvalue weighted by molar-refractivity contribution is -0.137. The molecule has 3 aliphatic rings. The minimum Gasteiger partial charge on any atom is -0.489 e. The molecule has 1 saturated carbocycles. The number of H-pyrrole nitrogens is 1. The van der Waals surface area contributed by atoms with E-state index in [9.17, 15) is 18.0 Å². The van der Waals surface area contributed by atoms with Crippen molar-refractivity contribution in [3.63, 3.8) is 0 Å². The molecular weight excluding hydrogens is 497 g/mol. The van der Waals surface area contributed by atoms with E-state index in [1.165, 1.54) is 6.07 Å². The number of imidazole rings is 1. The number of hydrogen-bond acceptors (Lipinski definition) is 5. The van der Waals surface area contributed by atoms with E-state index < -0.39 is 11.7 Å². The van der Waals surface area contributed by atoms with Crippen LogP contribution in [0.5, 0.6) is 17.2 Å². The average Bonchev–Trinajstić information content (AvgIpc) is 3.18. The first-order chi connectivity index (χ1) is 17.3. The number of pyridine rings is 1. The van der Waals surface area contributed by atoms with Gasteiger partial charge in [0.25, 0.3) is 0 Å². The standard InChI is InChI=1S/C25H16ClF3N4O3/c26-14-9-16-15(8-13(14)25(27,28)29)31-24(32-16)21-20-12-7-10(1-3-17(12)36-22(20)21)35-18-5-6-30-23-11(18)2-4-19(34)33-23/h1,3,5-9,20-22H,2,4H2,(H,31,32)(H,30,33,34)/t20-,21-,22?/m1/s1. The number of ether oxygens (including phenoxy) is 2. The topological polar surface area (TPSA) is 89.1 Å². The lowest BCUT2D eigenvalue weighted by Gasteiger charge is -2.19. The third-order valence-corrected chi connectivity index (χ3v) is 7.18. The Hall–Kier alpha value is -3.79. The zero-order valence-corrected chi connectivity index (χ0v) is 19.1. The molecule has 7 rings (SSSR count). The first-order valence-corrected chi connectivity index (χ1v) is 11.7. The van der Waals surface area contributed by atoms with E-state index in [2.05, 4.69) is 20.3 Å². The van der Waals surface area contributed by atoms with Gasteiger partial charge < -0.3 is 19.8 Å². The van der Waals surface area contributed by atoms with Gasteiger partial charge in [-0.2, -0.15) is 13.2 Å². The van der Waals surface area contributed by atoms with Crippen molar-refractivity contribution < 1.29 is 27.4 Å². The number of hydrogen-bond donors (Lipinski definition) is 2. The molecule has 4 heterocycles. The van der Waals surface area contributed by atoms with Gasteiger partial charge in [0.15, 0.2) is 0 Å². The highest BCUT2D eigenvalue weighted by Crippen LogP contribution is 2.63. The fourth-order valence-corrected chi connectivity index (χ4v) is 5.40. The molecule has 0 bridgehead atoms. The number of nitrogens with zero attached hydrogens (tertiary/aromatic N) is 2. The smallest absolute Gasteiger partial charge is 0.417 e. The maximum Gasteiger partial charge on any atom is 0.417 e. The number of aromatic amines is 1. The highest BCUT2D eigenvalue weighted by molar-refractivity contribution is 6.32. The third-order valence-electron chi connectivity index (χ3n) is 6.87. The summed E-state index contributed by atoms with van der Waals surface area (Å²) in [6.07, 6.45) is -2.22. The molecule has 7 nitrogen and oxygen atoms in total. The van der Waals surface area contributed by atoms with Crippen molar-refractivity contribution >= 4 is 34.4 Å². The Labute approximate surface area is 206 Å². The molecule has 0 saturated heterocycles. The van der Waals surface area contributed by atoms with Gasteiger partial charge in [0, 0.05) is 29.7 Å². The van der Waals surface area contributed by atoms with Gasteiger partial charge in [0.05, 0.1) is 27.5 Å². The fourth-order valence-electron chi connectivity index (χ4n) is 5.14. The number of aromatic nitrogens is 3. The molecule has 0 spiro atoms. The number of anilines is 1. The minimum atomic E-state index is -4.55. The Morgan fingerprint density at radius 2 is 1.97 bits per heavy atom. The lowest BCUT2D eigenvalue weighted by Crippen LogP contribution is -2.20. The number of amides is 1. The lowest BCUT2D eigenvalue weighted by atomic mass is 10.1.